The molecule has 0 unspecified atom stereocenters. The molecule has 2 saturated heterocycles. The van der Waals surface area contributed by atoms with Crippen LogP contribution < -0.4 is 5.32 Å². The maximum atomic E-state index is 12.8. The predicted molar refractivity (Wildman–Crippen MR) is 103 cm³/mol. The minimum Gasteiger partial charge on any atom is -0.444 e. The molecule has 0 bridgehead atoms. The minimum absolute atomic E-state index is 0.0769. The summed E-state index contributed by atoms with van der Waals surface area (Å²) < 4.78 is 33.5. The third kappa shape index (κ3) is 4.62. The van der Waals surface area contributed by atoms with Crippen LogP contribution in [0.4, 0.5) is 15.3 Å². The zero-order valence-electron chi connectivity index (χ0n) is 16.4. The Morgan fingerprint density at radius 2 is 2.03 bits per heavy atom. The first-order valence-electron chi connectivity index (χ1n) is 9.11. The van der Waals surface area contributed by atoms with Crippen LogP contribution in [0.5, 0.6) is 0 Å². The van der Waals surface area contributed by atoms with Gasteiger partial charge >= 0.3 is 12.1 Å². The third-order valence-corrected chi connectivity index (χ3v) is 5.68. The highest BCUT2D eigenvalue weighted by molar-refractivity contribution is 7.86. The van der Waals surface area contributed by atoms with Crippen LogP contribution in [-0.4, -0.2) is 72.9 Å². The summed E-state index contributed by atoms with van der Waals surface area (Å²) in [6.45, 7) is 2.17. The van der Waals surface area contributed by atoms with Gasteiger partial charge in [-0.3, -0.25) is 24.1 Å². The van der Waals surface area contributed by atoms with E-state index in [9.17, 15) is 28.1 Å². The molecule has 13 heteroatoms. The largest absolute Gasteiger partial charge is 0.444 e. The first kappa shape index (κ1) is 21.8. The van der Waals surface area contributed by atoms with Gasteiger partial charge in [-0.25, -0.2) is 9.59 Å². The zero-order chi connectivity index (χ0) is 22.1. The van der Waals surface area contributed by atoms with Gasteiger partial charge in [0.25, 0.3) is 15.8 Å². The second-order valence-corrected chi connectivity index (χ2v) is 8.92. The summed E-state index contributed by atoms with van der Waals surface area (Å²) in [5.74, 6) is 0. The topological polar surface area (TPSA) is 148 Å². The van der Waals surface area contributed by atoms with Crippen molar-refractivity contribution in [2.24, 2.45) is 0 Å². The van der Waals surface area contributed by atoms with E-state index in [0.717, 1.165) is 6.26 Å². The Bertz CT molecular complexity index is 951. The average Bonchev–Trinajstić information content (AvgIpc) is 3.22. The Kier molecular flexibility index (Phi) is 5.85. The fourth-order valence-corrected chi connectivity index (χ4v) is 4.34. The molecule has 2 heterocycles. The van der Waals surface area contributed by atoms with Crippen molar-refractivity contribution >= 4 is 27.9 Å². The number of ether oxygens (including phenoxy) is 1. The fourth-order valence-electron chi connectivity index (χ4n) is 3.71. The van der Waals surface area contributed by atoms with E-state index in [1.54, 1.807) is 6.92 Å². The maximum absolute atomic E-state index is 12.8. The molecular weight excluding hydrogens is 420 g/mol. The van der Waals surface area contributed by atoms with Crippen LogP contribution in [-0.2, 0) is 25.6 Å². The highest BCUT2D eigenvalue weighted by Gasteiger charge is 2.53. The summed E-state index contributed by atoms with van der Waals surface area (Å²) >= 11 is 0. The smallest absolute Gasteiger partial charge is 0.412 e. The van der Waals surface area contributed by atoms with E-state index >= 15 is 0 Å². The van der Waals surface area contributed by atoms with Gasteiger partial charge < -0.3 is 10.1 Å². The van der Waals surface area contributed by atoms with E-state index in [-0.39, 0.29) is 31.3 Å². The number of nitrogens with zero attached hydrogens (tertiary/aromatic N) is 3. The molecule has 2 aliphatic rings. The third-order valence-electron chi connectivity index (χ3n) is 5.06. The van der Waals surface area contributed by atoms with Crippen LogP contribution in [0.1, 0.15) is 18.9 Å². The van der Waals surface area contributed by atoms with Crippen molar-refractivity contribution in [3.63, 3.8) is 0 Å². The number of hydrogen-bond donors (Lipinski definition) is 1. The second kappa shape index (κ2) is 8.07. The number of likely N-dealkylation sites (tertiary alicyclic amines) is 1. The molecule has 0 saturated carbocycles. The maximum Gasteiger partial charge on any atom is 0.412 e. The number of urea groups is 1. The molecule has 0 radical (unpaired) electrons. The number of nitrogens with one attached hydrogen (secondary N) is 1. The van der Waals surface area contributed by atoms with Crippen LogP contribution in [0, 0.1) is 10.1 Å². The van der Waals surface area contributed by atoms with Crippen LogP contribution in [0.2, 0.25) is 0 Å². The van der Waals surface area contributed by atoms with Crippen molar-refractivity contribution in [1.29, 1.82) is 0 Å². The van der Waals surface area contributed by atoms with E-state index in [1.165, 1.54) is 34.1 Å². The predicted octanol–water partition coefficient (Wildman–Crippen LogP) is 1.02. The van der Waals surface area contributed by atoms with Gasteiger partial charge in [-0.2, -0.15) is 8.42 Å². The first-order chi connectivity index (χ1) is 14.0. The number of benzene rings is 1. The van der Waals surface area contributed by atoms with Gasteiger partial charge in [-0.05, 0) is 24.6 Å². The van der Waals surface area contributed by atoms with Gasteiger partial charge in [0.1, 0.15) is 12.3 Å². The van der Waals surface area contributed by atoms with Gasteiger partial charge in [0.2, 0.25) is 0 Å². The van der Waals surface area contributed by atoms with Crippen molar-refractivity contribution < 1.29 is 31.9 Å². The summed E-state index contributed by atoms with van der Waals surface area (Å²) in [6.07, 6.45) is -0.566. The Hall–Kier alpha value is -2.93. The molecule has 0 aliphatic carbocycles. The lowest BCUT2D eigenvalue weighted by molar-refractivity contribution is -0.384. The summed E-state index contributed by atoms with van der Waals surface area (Å²) in [7, 11) is -3.76. The Balaban J connectivity index is 1.74. The van der Waals surface area contributed by atoms with Crippen molar-refractivity contribution in [3.05, 3.63) is 39.9 Å². The molecular formula is C17H22N4O8S. The van der Waals surface area contributed by atoms with Gasteiger partial charge in [0.05, 0.1) is 23.8 Å². The standard InChI is InChI=1S/C17H22N4O8S/c1-17(19-8-7-18-15(19)22)9-14(29-30(2,26)27)10-20(17)16(23)28-11-12-3-5-13(6-4-12)21(24)25/h3-6,14H,7-11H2,1-2H3,(H,18,22)/t14-,17+/m1/s1. The Labute approximate surface area is 173 Å². The van der Waals surface area contributed by atoms with Crippen LogP contribution in [0.25, 0.3) is 0 Å². The number of nitro groups is 1. The highest BCUT2D eigenvalue weighted by atomic mass is 32.2. The summed E-state index contributed by atoms with van der Waals surface area (Å²) in [4.78, 5) is 38.0. The number of rotatable bonds is 6. The zero-order valence-corrected chi connectivity index (χ0v) is 17.3. The lowest BCUT2D eigenvalue weighted by Gasteiger charge is -2.40. The molecule has 2 aliphatic heterocycles. The average molecular weight is 442 g/mol. The lowest BCUT2D eigenvalue weighted by atomic mass is 10.1. The SMILES string of the molecule is C[C@@]1(N2CCNC2=O)C[C@@H](OS(C)(=O)=O)CN1C(=O)OCc1ccc([N+](=O)[O-])cc1. The van der Waals surface area contributed by atoms with Gasteiger partial charge in [0, 0.05) is 31.6 Å². The Morgan fingerprint density at radius 3 is 2.57 bits per heavy atom. The number of non-ortho nitro benzene ring substituents is 1. The lowest BCUT2D eigenvalue weighted by Crippen LogP contribution is -2.58. The van der Waals surface area contributed by atoms with E-state index < -0.39 is 32.9 Å². The van der Waals surface area contributed by atoms with Crippen molar-refractivity contribution in [1.82, 2.24) is 15.1 Å². The van der Waals surface area contributed by atoms with Gasteiger partial charge in [-0.1, -0.05) is 0 Å². The molecule has 0 aromatic heterocycles. The Morgan fingerprint density at radius 1 is 1.37 bits per heavy atom. The molecule has 3 amide bonds. The molecule has 1 aromatic carbocycles. The molecule has 12 nitrogen and oxygen atoms in total. The van der Waals surface area contributed by atoms with Gasteiger partial charge in [-0.15, -0.1) is 0 Å². The fraction of sp³-hybridized carbons (Fsp3) is 0.529. The molecule has 3 rings (SSSR count). The van der Waals surface area contributed by atoms with E-state index in [2.05, 4.69) is 5.32 Å². The minimum atomic E-state index is -3.76. The quantitative estimate of drug-likeness (QED) is 0.390. The number of nitro benzene ring substituents is 1. The summed E-state index contributed by atoms with van der Waals surface area (Å²) in [5, 5.41) is 13.4. The summed E-state index contributed by atoms with van der Waals surface area (Å²) in [5.41, 5.74) is -0.682. The second-order valence-electron chi connectivity index (χ2n) is 7.32. The molecule has 1 aromatic rings. The van der Waals surface area contributed by atoms with E-state index in [1.807, 2.05) is 0 Å². The molecule has 2 atom stereocenters. The van der Waals surface area contributed by atoms with Crippen LogP contribution in [0.15, 0.2) is 24.3 Å². The molecule has 2 fully saturated rings. The molecule has 1 N–H and O–H groups in total. The molecule has 30 heavy (non-hydrogen) atoms. The van der Waals surface area contributed by atoms with Crippen LogP contribution >= 0.6 is 0 Å². The van der Waals surface area contributed by atoms with Crippen LogP contribution in [0.3, 0.4) is 0 Å². The van der Waals surface area contributed by atoms with Crippen molar-refractivity contribution in [2.75, 3.05) is 25.9 Å². The first-order valence-corrected chi connectivity index (χ1v) is 10.9. The normalized spacial score (nSPS) is 24.1. The summed E-state index contributed by atoms with van der Waals surface area (Å²) in [6, 6.07) is 5.17. The highest BCUT2D eigenvalue weighted by Crippen LogP contribution is 2.36. The monoisotopic (exact) mass is 442 g/mol. The van der Waals surface area contributed by atoms with E-state index in [0.29, 0.717) is 18.7 Å². The number of carbonyl (C=O) groups is 2. The van der Waals surface area contributed by atoms with Crippen molar-refractivity contribution in [3.8, 4) is 0 Å². The molecule has 0 spiro atoms. The number of hydrogen-bond acceptors (Lipinski definition) is 8. The number of amides is 3. The van der Waals surface area contributed by atoms with Crippen molar-refractivity contribution in [2.45, 2.75) is 31.7 Å². The number of carbonyl (C=O) groups excluding carboxylic acids is 2. The van der Waals surface area contributed by atoms with E-state index in [4.69, 9.17) is 8.92 Å². The van der Waals surface area contributed by atoms with Gasteiger partial charge in [0.15, 0.2) is 0 Å². The molecule has 164 valence electrons.